The van der Waals surface area contributed by atoms with Crippen molar-refractivity contribution < 1.29 is 13.2 Å². The highest BCUT2D eigenvalue weighted by molar-refractivity contribution is 7.89. The molecule has 7 heteroatoms. The van der Waals surface area contributed by atoms with E-state index in [-0.39, 0.29) is 10.8 Å². The van der Waals surface area contributed by atoms with Crippen molar-refractivity contribution in [2.45, 2.75) is 24.7 Å². The summed E-state index contributed by atoms with van der Waals surface area (Å²) in [6.45, 7) is 3.58. The van der Waals surface area contributed by atoms with E-state index in [2.05, 4.69) is 15.4 Å². The van der Waals surface area contributed by atoms with Gasteiger partial charge < -0.3 is 10.6 Å². The minimum absolute atomic E-state index is 0.0667. The summed E-state index contributed by atoms with van der Waals surface area (Å²) in [6.07, 6.45) is 1.54. The molecule has 1 saturated heterocycles. The summed E-state index contributed by atoms with van der Waals surface area (Å²) in [7, 11) is -2.15. The number of hydrogen-bond donors (Lipinski definition) is 3. The van der Waals surface area contributed by atoms with Gasteiger partial charge >= 0.3 is 0 Å². The van der Waals surface area contributed by atoms with Crippen LogP contribution in [0.2, 0.25) is 0 Å². The van der Waals surface area contributed by atoms with Crippen LogP contribution in [0.25, 0.3) is 0 Å². The van der Waals surface area contributed by atoms with Gasteiger partial charge in [0.25, 0.3) is 0 Å². The van der Waals surface area contributed by atoms with E-state index in [9.17, 15) is 13.2 Å². The van der Waals surface area contributed by atoms with Crippen molar-refractivity contribution in [1.82, 2.24) is 10.0 Å². The van der Waals surface area contributed by atoms with Gasteiger partial charge in [-0.15, -0.1) is 0 Å². The summed E-state index contributed by atoms with van der Waals surface area (Å²) >= 11 is 0. The van der Waals surface area contributed by atoms with Gasteiger partial charge in [0.05, 0.1) is 4.90 Å². The first-order chi connectivity index (χ1) is 9.87. The number of carbonyl (C=O) groups excluding carboxylic acids is 1. The Balaban J connectivity index is 2.16. The Hall–Kier alpha value is -1.44. The maximum absolute atomic E-state index is 12.4. The van der Waals surface area contributed by atoms with E-state index in [0.29, 0.717) is 5.69 Å². The predicted octanol–water partition coefficient (Wildman–Crippen LogP) is 0.923. The zero-order chi connectivity index (χ0) is 15.5. The van der Waals surface area contributed by atoms with Crippen molar-refractivity contribution in [1.29, 1.82) is 0 Å². The molecule has 2 rings (SSSR count). The predicted molar refractivity (Wildman–Crippen MR) is 81.5 cm³/mol. The molecule has 0 unspecified atom stereocenters. The lowest BCUT2D eigenvalue weighted by atomic mass is 9.80. The Morgan fingerprint density at radius 1 is 1.29 bits per heavy atom. The van der Waals surface area contributed by atoms with Crippen LogP contribution in [0.3, 0.4) is 0 Å². The lowest BCUT2D eigenvalue weighted by molar-refractivity contribution is -0.126. The molecule has 1 heterocycles. The van der Waals surface area contributed by atoms with Crippen LogP contribution in [-0.4, -0.2) is 34.5 Å². The quantitative estimate of drug-likeness (QED) is 0.772. The summed E-state index contributed by atoms with van der Waals surface area (Å²) < 4.78 is 25.8. The fraction of sp³-hybridized carbons (Fsp3) is 0.500. The molecule has 0 saturated carbocycles. The average molecular weight is 311 g/mol. The van der Waals surface area contributed by atoms with Crippen LogP contribution < -0.4 is 15.4 Å². The second-order valence-electron chi connectivity index (χ2n) is 5.50. The Labute approximate surface area is 125 Å². The van der Waals surface area contributed by atoms with E-state index >= 15 is 0 Å². The zero-order valence-corrected chi connectivity index (χ0v) is 13.1. The van der Waals surface area contributed by atoms with Gasteiger partial charge in [-0.1, -0.05) is 13.0 Å². The summed E-state index contributed by atoms with van der Waals surface area (Å²) in [5.74, 6) is -0.0667. The van der Waals surface area contributed by atoms with E-state index in [1.54, 1.807) is 12.1 Å². The van der Waals surface area contributed by atoms with Crippen molar-refractivity contribution in [2.75, 3.05) is 25.5 Å². The smallest absolute Gasteiger partial charge is 0.240 e. The van der Waals surface area contributed by atoms with Crippen LogP contribution in [0, 0.1) is 5.41 Å². The first kappa shape index (κ1) is 15.9. The third kappa shape index (κ3) is 3.61. The second kappa shape index (κ2) is 6.13. The van der Waals surface area contributed by atoms with Crippen molar-refractivity contribution in [3.05, 3.63) is 24.3 Å². The number of sulfonamides is 1. The molecule has 116 valence electrons. The molecule has 1 aliphatic rings. The number of nitrogens with one attached hydrogen (secondary N) is 3. The van der Waals surface area contributed by atoms with E-state index in [1.165, 1.54) is 19.2 Å². The molecule has 21 heavy (non-hydrogen) atoms. The van der Waals surface area contributed by atoms with Gasteiger partial charge in [0, 0.05) is 11.1 Å². The minimum atomic E-state index is -3.51. The number of anilines is 1. The topological polar surface area (TPSA) is 87.3 Å². The van der Waals surface area contributed by atoms with Gasteiger partial charge in [0.15, 0.2) is 0 Å². The maximum Gasteiger partial charge on any atom is 0.240 e. The van der Waals surface area contributed by atoms with Crippen LogP contribution in [0.15, 0.2) is 29.2 Å². The van der Waals surface area contributed by atoms with E-state index < -0.39 is 15.4 Å². The molecule has 0 aliphatic carbocycles. The molecule has 1 aromatic carbocycles. The van der Waals surface area contributed by atoms with Gasteiger partial charge in [-0.05, 0) is 51.2 Å². The highest BCUT2D eigenvalue weighted by atomic mass is 32.2. The zero-order valence-electron chi connectivity index (χ0n) is 12.3. The molecule has 1 fully saturated rings. The van der Waals surface area contributed by atoms with Crippen molar-refractivity contribution in [3.8, 4) is 0 Å². The average Bonchev–Trinajstić information content (AvgIpc) is 2.48. The highest BCUT2D eigenvalue weighted by Gasteiger charge is 2.34. The first-order valence-electron chi connectivity index (χ1n) is 6.93. The standard InChI is InChI=1S/C14H21N3O3S/c1-14(6-8-16-9-7-14)13(18)17-11-4-3-5-12(10-11)21(19,20)15-2/h3-5,10,15-16H,6-9H2,1-2H3,(H,17,18). The third-order valence-corrected chi connectivity index (χ3v) is 5.34. The van der Waals surface area contributed by atoms with Gasteiger partial charge in [-0.3, -0.25) is 4.79 Å². The number of benzene rings is 1. The number of hydrogen-bond acceptors (Lipinski definition) is 4. The fourth-order valence-electron chi connectivity index (χ4n) is 2.35. The van der Waals surface area contributed by atoms with Crippen molar-refractivity contribution >= 4 is 21.6 Å². The molecule has 0 spiro atoms. The molecular formula is C14H21N3O3S. The molecule has 0 bridgehead atoms. The van der Waals surface area contributed by atoms with E-state index in [0.717, 1.165) is 25.9 Å². The van der Waals surface area contributed by atoms with Crippen LogP contribution >= 0.6 is 0 Å². The molecular weight excluding hydrogens is 290 g/mol. The molecule has 1 aromatic rings. The summed E-state index contributed by atoms with van der Waals surface area (Å²) in [5.41, 5.74) is 0.0828. The van der Waals surface area contributed by atoms with Gasteiger partial charge in [-0.25, -0.2) is 13.1 Å². The minimum Gasteiger partial charge on any atom is -0.326 e. The molecule has 0 aromatic heterocycles. The lowest BCUT2D eigenvalue weighted by Crippen LogP contribution is -2.42. The number of piperidine rings is 1. The third-order valence-electron chi connectivity index (χ3n) is 3.93. The van der Waals surface area contributed by atoms with Crippen LogP contribution in [0.5, 0.6) is 0 Å². The monoisotopic (exact) mass is 311 g/mol. The van der Waals surface area contributed by atoms with Crippen LogP contribution in [-0.2, 0) is 14.8 Å². The molecule has 6 nitrogen and oxygen atoms in total. The Bertz CT molecular complexity index is 622. The number of rotatable bonds is 4. The van der Waals surface area contributed by atoms with Gasteiger partial charge in [0.1, 0.15) is 0 Å². The summed E-state index contributed by atoms with van der Waals surface area (Å²) in [6, 6.07) is 6.27. The van der Waals surface area contributed by atoms with Gasteiger partial charge in [0.2, 0.25) is 15.9 Å². The molecule has 1 amide bonds. The maximum atomic E-state index is 12.4. The number of carbonyl (C=O) groups is 1. The molecule has 0 atom stereocenters. The Kier molecular flexibility index (Phi) is 4.65. The van der Waals surface area contributed by atoms with E-state index in [4.69, 9.17) is 0 Å². The normalized spacial score (nSPS) is 18.2. The van der Waals surface area contributed by atoms with Gasteiger partial charge in [-0.2, -0.15) is 0 Å². The first-order valence-corrected chi connectivity index (χ1v) is 8.41. The van der Waals surface area contributed by atoms with Crippen molar-refractivity contribution in [3.63, 3.8) is 0 Å². The SMILES string of the molecule is CNS(=O)(=O)c1cccc(NC(=O)C2(C)CCNCC2)c1. The van der Waals surface area contributed by atoms with Crippen molar-refractivity contribution in [2.24, 2.45) is 5.41 Å². The largest absolute Gasteiger partial charge is 0.326 e. The highest BCUT2D eigenvalue weighted by Crippen LogP contribution is 2.29. The fourth-order valence-corrected chi connectivity index (χ4v) is 3.12. The van der Waals surface area contributed by atoms with Crippen LogP contribution in [0.4, 0.5) is 5.69 Å². The summed E-state index contributed by atoms with van der Waals surface area (Å²) in [5, 5.41) is 6.06. The molecule has 0 radical (unpaired) electrons. The molecule has 1 aliphatic heterocycles. The summed E-state index contributed by atoms with van der Waals surface area (Å²) in [4.78, 5) is 12.6. The molecule has 3 N–H and O–H groups in total. The Morgan fingerprint density at radius 2 is 1.95 bits per heavy atom. The lowest BCUT2D eigenvalue weighted by Gasteiger charge is -2.32. The second-order valence-corrected chi connectivity index (χ2v) is 7.39. The van der Waals surface area contributed by atoms with E-state index in [1.807, 2.05) is 6.92 Å². The van der Waals surface area contributed by atoms with Crippen LogP contribution in [0.1, 0.15) is 19.8 Å². The Morgan fingerprint density at radius 3 is 2.57 bits per heavy atom. The number of amides is 1.